The fourth-order valence-electron chi connectivity index (χ4n) is 3.36. The average Bonchev–Trinajstić information content (AvgIpc) is 2.64. The Kier molecular flexibility index (Phi) is 5.25. The predicted octanol–water partition coefficient (Wildman–Crippen LogP) is 3.08. The van der Waals surface area contributed by atoms with Gasteiger partial charge in [-0.1, -0.05) is 24.3 Å². The number of nitrogens with one attached hydrogen (secondary N) is 2. The lowest BCUT2D eigenvalue weighted by Gasteiger charge is -2.25. The summed E-state index contributed by atoms with van der Waals surface area (Å²) in [6, 6.07) is 11.2. The number of halogens is 2. The van der Waals surface area contributed by atoms with Gasteiger partial charge in [0, 0.05) is 6.54 Å². The molecule has 25 heavy (non-hydrogen) atoms. The Morgan fingerprint density at radius 2 is 2.04 bits per heavy atom. The summed E-state index contributed by atoms with van der Waals surface area (Å²) in [5.74, 6) is 0.0165. The summed E-state index contributed by atoms with van der Waals surface area (Å²) in [5, 5.41) is 5.97. The molecule has 0 fully saturated rings. The van der Waals surface area contributed by atoms with Crippen LogP contribution in [0.5, 0.6) is 5.75 Å². The van der Waals surface area contributed by atoms with E-state index in [9.17, 15) is 9.18 Å². The van der Waals surface area contributed by atoms with Crippen molar-refractivity contribution in [1.29, 1.82) is 0 Å². The number of hydrogen-bond acceptors (Lipinski definition) is 3. The van der Waals surface area contributed by atoms with Gasteiger partial charge in [-0.15, -0.1) is 12.4 Å². The molecule has 0 aromatic heterocycles. The van der Waals surface area contributed by atoms with E-state index in [1.165, 1.54) is 0 Å². The molecule has 1 amide bonds. The van der Waals surface area contributed by atoms with Gasteiger partial charge in [0.1, 0.15) is 18.2 Å². The normalized spacial score (nSPS) is 18.2. The van der Waals surface area contributed by atoms with Crippen LogP contribution in [0.25, 0.3) is 0 Å². The first-order valence-corrected chi connectivity index (χ1v) is 8.25. The van der Waals surface area contributed by atoms with Crippen LogP contribution in [0.15, 0.2) is 36.4 Å². The molecule has 0 saturated carbocycles. The van der Waals surface area contributed by atoms with Crippen LogP contribution in [0.1, 0.15) is 16.7 Å². The molecule has 2 aliphatic rings. The molecule has 0 bridgehead atoms. The number of rotatable bonds is 2. The van der Waals surface area contributed by atoms with E-state index in [1.807, 2.05) is 30.3 Å². The lowest BCUT2D eigenvalue weighted by atomic mass is 9.95. The molecular formula is C19H20ClFN2O2. The summed E-state index contributed by atoms with van der Waals surface area (Å²) in [6.45, 7) is 1.75. The van der Waals surface area contributed by atoms with Gasteiger partial charge in [-0.2, -0.15) is 0 Å². The van der Waals surface area contributed by atoms with Gasteiger partial charge >= 0.3 is 0 Å². The maximum absolute atomic E-state index is 14.6. The van der Waals surface area contributed by atoms with Gasteiger partial charge in [-0.25, -0.2) is 4.39 Å². The third-order valence-electron chi connectivity index (χ3n) is 4.72. The van der Waals surface area contributed by atoms with E-state index < -0.39 is 0 Å². The van der Waals surface area contributed by atoms with Crippen molar-refractivity contribution in [2.24, 2.45) is 5.92 Å². The molecule has 2 aromatic carbocycles. The minimum Gasteiger partial charge on any atom is -0.492 e. The van der Waals surface area contributed by atoms with E-state index in [0.29, 0.717) is 31.6 Å². The Balaban J connectivity index is 0.00000182. The summed E-state index contributed by atoms with van der Waals surface area (Å²) >= 11 is 0. The average molecular weight is 363 g/mol. The molecule has 0 radical (unpaired) electrons. The quantitative estimate of drug-likeness (QED) is 0.863. The molecule has 2 heterocycles. The van der Waals surface area contributed by atoms with E-state index in [4.69, 9.17) is 4.74 Å². The molecular weight excluding hydrogens is 343 g/mol. The van der Waals surface area contributed by atoms with Crippen molar-refractivity contribution in [3.8, 4) is 5.75 Å². The van der Waals surface area contributed by atoms with Crippen molar-refractivity contribution in [2.45, 2.75) is 19.4 Å². The Morgan fingerprint density at radius 1 is 1.20 bits per heavy atom. The van der Waals surface area contributed by atoms with Crippen molar-refractivity contribution in [3.63, 3.8) is 0 Å². The van der Waals surface area contributed by atoms with Crippen molar-refractivity contribution in [3.05, 3.63) is 58.9 Å². The first-order valence-electron chi connectivity index (χ1n) is 8.25. The second kappa shape index (κ2) is 7.42. The Hall–Kier alpha value is -2.11. The Bertz CT molecular complexity index is 797. The van der Waals surface area contributed by atoms with Gasteiger partial charge in [-0.3, -0.25) is 4.79 Å². The van der Waals surface area contributed by atoms with Gasteiger partial charge in [-0.05, 0) is 48.2 Å². The van der Waals surface area contributed by atoms with Crippen LogP contribution in [0.4, 0.5) is 10.1 Å². The van der Waals surface area contributed by atoms with E-state index in [0.717, 1.165) is 23.4 Å². The number of amides is 1. The molecule has 4 nitrogen and oxygen atoms in total. The first kappa shape index (κ1) is 17.7. The van der Waals surface area contributed by atoms with E-state index in [1.54, 1.807) is 6.07 Å². The third-order valence-corrected chi connectivity index (χ3v) is 4.72. The maximum atomic E-state index is 14.6. The monoisotopic (exact) mass is 362 g/mol. The molecule has 0 saturated heterocycles. The maximum Gasteiger partial charge on any atom is 0.231 e. The van der Waals surface area contributed by atoms with Crippen LogP contribution < -0.4 is 15.4 Å². The zero-order valence-corrected chi connectivity index (χ0v) is 14.5. The topological polar surface area (TPSA) is 50.4 Å². The molecule has 1 atom stereocenters. The molecule has 2 aromatic rings. The summed E-state index contributed by atoms with van der Waals surface area (Å²) < 4.78 is 20.3. The van der Waals surface area contributed by atoms with E-state index in [-0.39, 0.29) is 35.7 Å². The van der Waals surface area contributed by atoms with Crippen molar-refractivity contribution in [2.75, 3.05) is 18.5 Å². The van der Waals surface area contributed by atoms with Crippen molar-refractivity contribution < 1.29 is 13.9 Å². The standard InChI is InChI=1S/C19H19FN2O2.ClH/c20-18-15-7-8-21-10-13(15)5-6-16(18)22-19(23)14-9-12-3-1-2-4-17(12)24-11-14;/h1-6,14,21H,7-11H2,(H,22,23);1H. The van der Waals surface area contributed by atoms with Crippen LogP contribution in [-0.4, -0.2) is 19.1 Å². The summed E-state index contributed by atoms with van der Waals surface area (Å²) in [5.41, 5.74) is 2.95. The fraction of sp³-hybridized carbons (Fsp3) is 0.316. The second-order valence-corrected chi connectivity index (χ2v) is 6.30. The highest BCUT2D eigenvalue weighted by Crippen LogP contribution is 2.29. The highest BCUT2D eigenvalue weighted by Gasteiger charge is 2.27. The number of ether oxygens (including phenoxy) is 1. The predicted molar refractivity (Wildman–Crippen MR) is 96.8 cm³/mol. The largest absolute Gasteiger partial charge is 0.492 e. The zero-order valence-electron chi connectivity index (χ0n) is 13.7. The molecule has 6 heteroatoms. The molecule has 0 aliphatic carbocycles. The molecule has 2 aliphatic heterocycles. The summed E-state index contributed by atoms with van der Waals surface area (Å²) in [6.07, 6.45) is 1.25. The minimum absolute atomic E-state index is 0. The number of fused-ring (bicyclic) bond motifs is 2. The highest BCUT2D eigenvalue weighted by molar-refractivity contribution is 5.93. The number of carbonyl (C=O) groups is 1. The van der Waals surface area contributed by atoms with Crippen LogP contribution in [0.3, 0.4) is 0 Å². The van der Waals surface area contributed by atoms with Crippen LogP contribution in [0.2, 0.25) is 0 Å². The summed E-state index contributed by atoms with van der Waals surface area (Å²) in [4.78, 5) is 12.5. The number of hydrogen-bond donors (Lipinski definition) is 2. The molecule has 132 valence electrons. The highest BCUT2D eigenvalue weighted by atomic mass is 35.5. The van der Waals surface area contributed by atoms with Crippen LogP contribution >= 0.6 is 12.4 Å². The lowest BCUT2D eigenvalue weighted by Crippen LogP contribution is -2.33. The van der Waals surface area contributed by atoms with Gasteiger partial charge in [0.2, 0.25) is 5.91 Å². The number of para-hydroxylation sites is 1. The second-order valence-electron chi connectivity index (χ2n) is 6.30. The number of benzene rings is 2. The molecule has 1 unspecified atom stereocenters. The third kappa shape index (κ3) is 3.48. The molecule has 2 N–H and O–H groups in total. The summed E-state index contributed by atoms with van der Waals surface area (Å²) in [7, 11) is 0. The van der Waals surface area contributed by atoms with Gasteiger partial charge in [0.15, 0.2) is 0 Å². The first-order chi connectivity index (χ1) is 11.7. The molecule has 0 spiro atoms. The Morgan fingerprint density at radius 3 is 2.92 bits per heavy atom. The van der Waals surface area contributed by atoms with E-state index in [2.05, 4.69) is 10.6 Å². The smallest absolute Gasteiger partial charge is 0.231 e. The van der Waals surface area contributed by atoms with Crippen LogP contribution in [0, 0.1) is 11.7 Å². The van der Waals surface area contributed by atoms with Crippen molar-refractivity contribution >= 4 is 24.0 Å². The minimum atomic E-state index is -0.308. The SMILES string of the molecule is Cl.O=C(Nc1ccc2c(c1F)CCNC2)C1COc2ccccc2C1. The number of anilines is 1. The van der Waals surface area contributed by atoms with Gasteiger partial charge < -0.3 is 15.4 Å². The Labute approximate surface area is 152 Å². The fourth-order valence-corrected chi connectivity index (χ4v) is 3.36. The van der Waals surface area contributed by atoms with Gasteiger partial charge in [0.05, 0.1) is 11.6 Å². The number of carbonyl (C=O) groups excluding carboxylic acids is 1. The van der Waals surface area contributed by atoms with Crippen molar-refractivity contribution in [1.82, 2.24) is 5.32 Å². The zero-order chi connectivity index (χ0) is 16.5. The van der Waals surface area contributed by atoms with E-state index >= 15 is 0 Å². The molecule has 4 rings (SSSR count). The van der Waals surface area contributed by atoms with Gasteiger partial charge in [0.25, 0.3) is 0 Å². The lowest BCUT2D eigenvalue weighted by molar-refractivity contribution is -0.121. The van der Waals surface area contributed by atoms with Crippen LogP contribution in [-0.2, 0) is 24.2 Å².